The summed E-state index contributed by atoms with van der Waals surface area (Å²) in [6, 6.07) is 20.1. The SMILES string of the molecule is N#Cc1ccccc1Cn1cc([C@H]2OCCN2Cc2ccccc2)nn1. The number of nitrogens with zero attached hydrogens (tertiary/aromatic N) is 5. The number of rotatable bonds is 5. The molecule has 130 valence electrons. The van der Waals surface area contributed by atoms with Crippen molar-refractivity contribution in [2.45, 2.75) is 19.3 Å². The summed E-state index contributed by atoms with van der Waals surface area (Å²) in [5.74, 6) is 0. The first kappa shape index (κ1) is 16.5. The van der Waals surface area contributed by atoms with E-state index in [4.69, 9.17) is 4.74 Å². The second-order valence-corrected chi connectivity index (χ2v) is 6.29. The van der Waals surface area contributed by atoms with Crippen molar-refractivity contribution >= 4 is 0 Å². The van der Waals surface area contributed by atoms with Crippen LogP contribution >= 0.6 is 0 Å². The van der Waals surface area contributed by atoms with Crippen molar-refractivity contribution in [3.05, 3.63) is 83.2 Å². The van der Waals surface area contributed by atoms with E-state index in [0.29, 0.717) is 18.7 Å². The number of hydrogen-bond acceptors (Lipinski definition) is 5. The van der Waals surface area contributed by atoms with Gasteiger partial charge in [0.1, 0.15) is 5.69 Å². The third-order valence-corrected chi connectivity index (χ3v) is 4.49. The maximum atomic E-state index is 9.23. The molecule has 1 aromatic heterocycles. The van der Waals surface area contributed by atoms with Crippen LogP contribution in [0.4, 0.5) is 0 Å². The molecule has 0 amide bonds. The molecule has 0 radical (unpaired) electrons. The summed E-state index contributed by atoms with van der Waals surface area (Å²) in [4.78, 5) is 2.26. The van der Waals surface area contributed by atoms with Crippen molar-refractivity contribution < 1.29 is 4.74 Å². The molecule has 0 spiro atoms. The lowest BCUT2D eigenvalue weighted by atomic mass is 10.1. The fraction of sp³-hybridized carbons (Fsp3) is 0.250. The highest BCUT2D eigenvalue weighted by molar-refractivity contribution is 5.37. The summed E-state index contributed by atoms with van der Waals surface area (Å²) >= 11 is 0. The molecule has 1 atom stereocenters. The van der Waals surface area contributed by atoms with E-state index in [1.54, 1.807) is 4.68 Å². The van der Waals surface area contributed by atoms with E-state index >= 15 is 0 Å². The number of nitriles is 1. The summed E-state index contributed by atoms with van der Waals surface area (Å²) in [6.07, 6.45) is 1.72. The van der Waals surface area contributed by atoms with Gasteiger partial charge in [0.15, 0.2) is 6.23 Å². The zero-order valence-electron chi connectivity index (χ0n) is 14.3. The minimum Gasteiger partial charge on any atom is -0.356 e. The molecule has 1 saturated heterocycles. The van der Waals surface area contributed by atoms with Gasteiger partial charge in [-0.1, -0.05) is 53.7 Å². The zero-order valence-corrected chi connectivity index (χ0v) is 14.3. The van der Waals surface area contributed by atoms with Gasteiger partial charge < -0.3 is 4.74 Å². The Hall–Kier alpha value is -3.01. The first-order chi connectivity index (χ1) is 12.8. The first-order valence-electron chi connectivity index (χ1n) is 8.61. The van der Waals surface area contributed by atoms with Crippen LogP contribution in [0.1, 0.15) is 28.6 Å². The van der Waals surface area contributed by atoms with Crippen LogP contribution in [-0.4, -0.2) is 33.0 Å². The Kier molecular flexibility index (Phi) is 4.73. The predicted octanol–water partition coefficient (Wildman–Crippen LogP) is 2.73. The maximum absolute atomic E-state index is 9.23. The number of aromatic nitrogens is 3. The van der Waals surface area contributed by atoms with E-state index in [9.17, 15) is 5.26 Å². The summed E-state index contributed by atoms with van der Waals surface area (Å²) in [6.45, 7) is 2.88. The third kappa shape index (κ3) is 3.49. The van der Waals surface area contributed by atoms with Crippen LogP contribution in [0.5, 0.6) is 0 Å². The van der Waals surface area contributed by atoms with E-state index in [2.05, 4.69) is 33.4 Å². The van der Waals surface area contributed by atoms with Crippen molar-refractivity contribution in [2.75, 3.05) is 13.2 Å². The van der Waals surface area contributed by atoms with Crippen molar-refractivity contribution in [1.82, 2.24) is 19.9 Å². The number of ether oxygens (including phenoxy) is 1. The van der Waals surface area contributed by atoms with E-state index in [-0.39, 0.29) is 6.23 Å². The second-order valence-electron chi connectivity index (χ2n) is 6.29. The predicted molar refractivity (Wildman–Crippen MR) is 95.8 cm³/mol. The van der Waals surface area contributed by atoms with Gasteiger partial charge in [0.2, 0.25) is 0 Å². The Bertz CT molecular complexity index is 915. The highest BCUT2D eigenvalue weighted by atomic mass is 16.5. The lowest BCUT2D eigenvalue weighted by Gasteiger charge is -2.20. The van der Waals surface area contributed by atoms with E-state index in [1.807, 2.05) is 48.7 Å². The average Bonchev–Trinajstić information content (AvgIpc) is 3.32. The van der Waals surface area contributed by atoms with Crippen molar-refractivity contribution in [2.24, 2.45) is 0 Å². The molecular formula is C20H19N5O. The summed E-state index contributed by atoms with van der Waals surface area (Å²) in [5.41, 5.74) is 3.64. The van der Waals surface area contributed by atoms with Gasteiger partial charge >= 0.3 is 0 Å². The van der Waals surface area contributed by atoms with Crippen LogP contribution in [0, 0.1) is 11.3 Å². The standard InChI is InChI=1S/C20H19N5O/c21-12-17-8-4-5-9-18(17)14-25-15-19(22-23-25)20-24(10-11-26-20)13-16-6-2-1-3-7-16/h1-9,15,20H,10-11,13-14H2/t20-/m1/s1. The molecule has 2 aromatic carbocycles. The Labute approximate surface area is 152 Å². The molecule has 26 heavy (non-hydrogen) atoms. The Morgan fingerprint density at radius 1 is 1.08 bits per heavy atom. The van der Waals surface area contributed by atoms with Gasteiger partial charge in [-0.3, -0.25) is 4.90 Å². The van der Waals surface area contributed by atoms with Gasteiger partial charge in [-0.05, 0) is 17.2 Å². The van der Waals surface area contributed by atoms with Crippen LogP contribution in [0.25, 0.3) is 0 Å². The Morgan fingerprint density at radius 3 is 2.73 bits per heavy atom. The van der Waals surface area contributed by atoms with Crippen molar-refractivity contribution in [1.29, 1.82) is 5.26 Å². The van der Waals surface area contributed by atoms with Crippen molar-refractivity contribution in [3.8, 4) is 6.07 Å². The van der Waals surface area contributed by atoms with Gasteiger partial charge in [0.05, 0.1) is 31.0 Å². The van der Waals surface area contributed by atoms with Gasteiger partial charge in [-0.15, -0.1) is 5.10 Å². The topological polar surface area (TPSA) is 67.0 Å². The summed E-state index contributed by atoms with van der Waals surface area (Å²) < 4.78 is 7.65. The molecule has 1 aliphatic heterocycles. The molecule has 4 rings (SSSR count). The molecular weight excluding hydrogens is 326 g/mol. The highest BCUT2D eigenvalue weighted by Crippen LogP contribution is 2.27. The highest BCUT2D eigenvalue weighted by Gasteiger charge is 2.29. The van der Waals surface area contributed by atoms with Crippen LogP contribution in [0.2, 0.25) is 0 Å². The molecule has 3 aromatic rings. The molecule has 1 aliphatic rings. The van der Waals surface area contributed by atoms with Gasteiger partial charge in [-0.25, -0.2) is 4.68 Å². The van der Waals surface area contributed by atoms with Gasteiger partial charge in [-0.2, -0.15) is 5.26 Å². The monoisotopic (exact) mass is 345 g/mol. The summed E-state index contributed by atoms with van der Waals surface area (Å²) in [5, 5.41) is 17.8. The summed E-state index contributed by atoms with van der Waals surface area (Å²) in [7, 11) is 0. The smallest absolute Gasteiger partial charge is 0.157 e. The molecule has 1 fully saturated rings. The number of benzene rings is 2. The quantitative estimate of drug-likeness (QED) is 0.711. The van der Waals surface area contributed by atoms with E-state index in [0.717, 1.165) is 24.3 Å². The Morgan fingerprint density at radius 2 is 1.88 bits per heavy atom. The fourth-order valence-corrected chi connectivity index (χ4v) is 3.20. The molecule has 6 heteroatoms. The Balaban J connectivity index is 1.49. The largest absolute Gasteiger partial charge is 0.356 e. The lowest BCUT2D eigenvalue weighted by Crippen LogP contribution is -2.23. The van der Waals surface area contributed by atoms with Crippen molar-refractivity contribution in [3.63, 3.8) is 0 Å². The molecule has 0 unspecified atom stereocenters. The molecule has 0 saturated carbocycles. The zero-order chi connectivity index (χ0) is 17.8. The fourth-order valence-electron chi connectivity index (χ4n) is 3.20. The van der Waals surface area contributed by atoms with Gasteiger partial charge in [0, 0.05) is 13.1 Å². The second kappa shape index (κ2) is 7.48. The number of hydrogen-bond donors (Lipinski definition) is 0. The molecule has 0 bridgehead atoms. The normalized spacial score (nSPS) is 17.3. The maximum Gasteiger partial charge on any atom is 0.157 e. The molecule has 0 N–H and O–H groups in total. The minimum absolute atomic E-state index is 0.185. The van der Waals surface area contributed by atoms with Crippen LogP contribution in [0.3, 0.4) is 0 Å². The molecule has 2 heterocycles. The van der Waals surface area contributed by atoms with Crippen LogP contribution in [0.15, 0.2) is 60.8 Å². The van der Waals surface area contributed by atoms with Crippen LogP contribution in [-0.2, 0) is 17.8 Å². The molecule has 6 nitrogen and oxygen atoms in total. The molecule has 0 aliphatic carbocycles. The average molecular weight is 345 g/mol. The van der Waals surface area contributed by atoms with Gasteiger partial charge in [0.25, 0.3) is 0 Å². The van der Waals surface area contributed by atoms with E-state index < -0.39 is 0 Å². The first-order valence-corrected chi connectivity index (χ1v) is 8.61. The minimum atomic E-state index is -0.185. The van der Waals surface area contributed by atoms with Crippen LogP contribution < -0.4 is 0 Å². The van der Waals surface area contributed by atoms with E-state index in [1.165, 1.54) is 5.56 Å². The lowest BCUT2D eigenvalue weighted by molar-refractivity contribution is 0.0252. The third-order valence-electron chi connectivity index (χ3n) is 4.49.